The minimum atomic E-state index is -0.494. The number of Topliss-reactive ketones (excluding diaryl/α,β-unsaturated/α-hetero) is 1. The number of hydrogen-bond acceptors (Lipinski definition) is 3. The van der Waals surface area contributed by atoms with Gasteiger partial charge in [-0.2, -0.15) is 0 Å². The van der Waals surface area contributed by atoms with Crippen molar-refractivity contribution in [2.75, 3.05) is 20.1 Å². The van der Waals surface area contributed by atoms with E-state index in [0.29, 0.717) is 23.7 Å². The zero-order valence-electron chi connectivity index (χ0n) is 19.3. The van der Waals surface area contributed by atoms with Gasteiger partial charge in [-0.05, 0) is 69.3 Å². The first kappa shape index (κ1) is 22.7. The van der Waals surface area contributed by atoms with E-state index in [2.05, 4.69) is 25.8 Å². The maximum atomic E-state index is 15.0. The summed E-state index contributed by atoms with van der Waals surface area (Å²) in [6.07, 6.45) is 4.93. The van der Waals surface area contributed by atoms with Crippen LogP contribution in [0.15, 0.2) is 42.5 Å². The van der Waals surface area contributed by atoms with E-state index in [4.69, 9.17) is 0 Å². The fraction of sp³-hybridized carbons (Fsp3) is 0.481. The van der Waals surface area contributed by atoms with Crippen molar-refractivity contribution in [2.24, 2.45) is 5.92 Å². The SMILES string of the molecule is CC[C@@H](C)N(C)C[C@@H]1CCCN1C(=O)c1ccc(-c2ccc(C(=O)C3CC3)cc2)cc1F. The smallest absolute Gasteiger partial charge is 0.257 e. The van der Waals surface area contributed by atoms with Crippen molar-refractivity contribution in [3.05, 3.63) is 59.4 Å². The summed E-state index contributed by atoms with van der Waals surface area (Å²) in [5, 5.41) is 0. The molecular weight excluding hydrogens is 403 g/mol. The maximum Gasteiger partial charge on any atom is 0.257 e. The van der Waals surface area contributed by atoms with Crippen LogP contribution in [0.3, 0.4) is 0 Å². The lowest BCUT2D eigenvalue weighted by Gasteiger charge is -2.31. The third-order valence-corrected chi connectivity index (χ3v) is 7.13. The third kappa shape index (κ3) is 4.78. The first-order valence-corrected chi connectivity index (χ1v) is 11.8. The number of carbonyl (C=O) groups excluding carboxylic acids is 2. The Labute approximate surface area is 190 Å². The quantitative estimate of drug-likeness (QED) is 0.519. The van der Waals surface area contributed by atoms with Gasteiger partial charge < -0.3 is 9.80 Å². The number of carbonyl (C=O) groups is 2. The van der Waals surface area contributed by atoms with Gasteiger partial charge in [0.15, 0.2) is 5.78 Å². The van der Waals surface area contributed by atoms with Gasteiger partial charge >= 0.3 is 0 Å². The molecule has 170 valence electrons. The summed E-state index contributed by atoms with van der Waals surface area (Å²) in [5.74, 6) is -0.336. The van der Waals surface area contributed by atoms with E-state index < -0.39 is 5.82 Å². The molecule has 1 saturated carbocycles. The first-order chi connectivity index (χ1) is 15.4. The predicted molar refractivity (Wildman–Crippen MR) is 125 cm³/mol. The molecule has 5 heteroatoms. The van der Waals surface area contributed by atoms with Crippen LogP contribution >= 0.6 is 0 Å². The normalized spacial score (nSPS) is 19.4. The van der Waals surface area contributed by atoms with E-state index in [1.807, 2.05) is 29.2 Å². The lowest BCUT2D eigenvalue weighted by Crippen LogP contribution is -2.44. The zero-order valence-corrected chi connectivity index (χ0v) is 19.3. The molecule has 0 unspecified atom stereocenters. The van der Waals surface area contributed by atoms with Crippen molar-refractivity contribution in [3.63, 3.8) is 0 Å². The second-order valence-electron chi connectivity index (χ2n) is 9.40. The van der Waals surface area contributed by atoms with E-state index >= 15 is 4.39 Å². The van der Waals surface area contributed by atoms with Gasteiger partial charge in [0.25, 0.3) is 5.91 Å². The summed E-state index contributed by atoms with van der Waals surface area (Å²) in [6, 6.07) is 12.7. The number of rotatable bonds is 8. The van der Waals surface area contributed by atoms with Gasteiger partial charge in [0.05, 0.1) is 5.56 Å². The number of nitrogens with zero attached hydrogens (tertiary/aromatic N) is 2. The first-order valence-electron chi connectivity index (χ1n) is 11.8. The van der Waals surface area contributed by atoms with Crippen molar-refractivity contribution in [1.29, 1.82) is 0 Å². The van der Waals surface area contributed by atoms with Crippen LogP contribution in [0.25, 0.3) is 11.1 Å². The molecule has 0 N–H and O–H groups in total. The third-order valence-electron chi connectivity index (χ3n) is 7.13. The molecule has 1 heterocycles. The van der Waals surface area contributed by atoms with Gasteiger partial charge in [-0.25, -0.2) is 4.39 Å². The summed E-state index contributed by atoms with van der Waals surface area (Å²) in [6.45, 7) is 5.84. The van der Waals surface area contributed by atoms with Gasteiger partial charge in [-0.1, -0.05) is 37.3 Å². The van der Waals surface area contributed by atoms with Gasteiger partial charge in [0, 0.05) is 36.7 Å². The highest BCUT2D eigenvalue weighted by atomic mass is 19.1. The standard InChI is InChI=1S/C27H33FN2O2/c1-4-18(2)29(3)17-23-6-5-15-30(23)27(32)24-14-13-22(16-25(24)28)19-7-9-20(10-8-19)26(31)21-11-12-21/h7-10,13-14,16,18,21,23H,4-6,11-12,15,17H2,1-3H3/t18-,23+/m1/s1. The van der Waals surface area contributed by atoms with Crippen molar-refractivity contribution in [1.82, 2.24) is 9.80 Å². The Bertz CT molecular complexity index is 984. The highest BCUT2D eigenvalue weighted by Gasteiger charge is 2.32. The van der Waals surface area contributed by atoms with Gasteiger partial charge in [0.1, 0.15) is 5.82 Å². The van der Waals surface area contributed by atoms with Crippen LogP contribution in [-0.4, -0.2) is 53.7 Å². The van der Waals surface area contributed by atoms with Crippen LogP contribution in [0.4, 0.5) is 4.39 Å². The fourth-order valence-corrected chi connectivity index (χ4v) is 4.55. The van der Waals surface area contributed by atoms with Crippen LogP contribution < -0.4 is 0 Å². The monoisotopic (exact) mass is 436 g/mol. The molecule has 2 atom stereocenters. The fourth-order valence-electron chi connectivity index (χ4n) is 4.55. The number of amides is 1. The summed E-state index contributed by atoms with van der Waals surface area (Å²) in [5.41, 5.74) is 2.39. The predicted octanol–water partition coefficient (Wildman–Crippen LogP) is 5.42. The molecule has 2 fully saturated rings. The molecule has 4 rings (SSSR count). The topological polar surface area (TPSA) is 40.6 Å². The number of likely N-dealkylation sites (tertiary alicyclic amines) is 1. The molecule has 1 aliphatic carbocycles. The van der Waals surface area contributed by atoms with Crippen LogP contribution in [0.5, 0.6) is 0 Å². The zero-order chi connectivity index (χ0) is 22.8. The van der Waals surface area contributed by atoms with E-state index in [9.17, 15) is 9.59 Å². The van der Waals surface area contributed by atoms with Gasteiger partial charge in [-0.3, -0.25) is 9.59 Å². The molecule has 0 spiro atoms. The van der Waals surface area contributed by atoms with Crippen molar-refractivity contribution < 1.29 is 14.0 Å². The number of hydrogen-bond donors (Lipinski definition) is 0. The molecule has 32 heavy (non-hydrogen) atoms. The average molecular weight is 437 g/mol. The lowest BCUT2D eigenvalue weighted by molar-refractivity contribution is 0.0690. The molecule has 1 saturated heterocycles. The average Bonchev–Trinajstić information content (AvgIpc) is 3.56. The number of halogens is 1. The molecular formula is C27H33FN2O2. The molecule has 0 radical (unpaired) electrons. The minimum absolute atomic E-state index is 0.122. The summed E-state index contributed by atoms with van der Waals surface area (Å²) in [7, 11) is 2.09. The van der Waals surface area contributed by atoms with E-state index in [1.54, 1.807) is 12.1 Å². The molecule has 0 bridgehead atoms. The number of benzene rings is 2. The molecule has 1 aliphatic heterocycles. The van der Waals surface area contributed by atoms with E-state index in [0.717, 1.165) is 44.2 Å². The Morgan fingerprint density at radius 3 is 2.41 bits per heavy atom. The molecule has 0 aromatic heterocycles. The Morgan fingerprint density at radius 2 is 1.78 bits per heavy atom. The van der Waals surface area contributed by atoms with Crippen LogP contribution in [0.2, 0.25) is 0 Å². The second kappa shape index (κ2) is 9.53. The van der Waals surface area contributed by atoms with E-state index in [1.165, 1.54) is 6.07 Å². The van der Waals surface area contributed by atoms with Crippen molar-refractivity contribution >= 4 is 11.7 Å². The molecule has 2 aliphatic rings. The summed E-state index contributed by atoms with van der Waals surface area (Å²) < 4.78 is 15.0. The van der Waals surface area contributed by atoms with Crippen LogP contribution in [0.1, 0.15) is 66.7 Å². The molecule has 4 nitrogen and oxygen atoms in total. The molecule has 2 aromatic rings. The summed E-state index contributed by atoms with van der Waals surface area (Å²) >= 11 is 0. The Balaban J connectivity index is 1.47. The Kier molecular flexibility index (Phi) is 6.75. The van der Waals surface area contributed by atoms with Gasteiger partial charge in [0.2, 0.25) is 0 Å². The summed E-state index contributed by atoms with van der Waals surface area (Å²) in [4.78, 5) is 29.5. The Morgan fingerprint density at radius 1 is 1.09 bits per heavy atom. The molecule has 2 aromatic carbocycles. The largest absolute Gasteiger partial charge is 0.334 e. The van der Waals surface area contributed by atoms with Crippen molar-refractivity contribution in [2.45, 2.75) is 58.0 Å². The highest BCUT2D eigenvalue weighted by molar-refractivity contribution is 5.99. The second-order valence-corrected chi connectivity index (χ2v) is 9.40. The van der Waals surface area contributed by atoms with E-state index in [-0.39, 0.29) is 29.2 Å². The van der Waals surface area contributed by atoms with Crippen molar-refractivity contribution in [3.8, 4) is 11.1 Å². The van der Waals surface area contributed by atoms with Crippen LogP contribution in [-0.2, 0) is 0 Å². The lowest BCUT2D eigenvalue weighted by atomic mass is 9.99. The highest BCUT2D eigenvalue weighted by Crippen LogP contribution is 2.33. The number of ketones is 1. The van der Waals surface area contributed by atoms with Gasteiger partial charge in [-0.15, -0.1) is 0 Å². The Hall–Kier alpha value is -2.53. The number of likely N-dealkylation sites (N-methyl/N-ethyl adjacent to an activating group) is 1. The maximum absolute atomic E-state index is 15.0. The minimum Gasteiger partial charge on any atom is -0.334 e. The van der Waals surface area contributed by atoms with Crippen LogP contribution in [0, 0.1) is 11.7 Å². The molecule has 1 amide bonds.